The van der Waals surface area contributed by atoms with E-state index in [1.54, 1.807) is 4.31 Å². The van der Waals surface area contributed by atoms with Gasteiger partial charge in [-0.3, -0.25) is 0 Å². The number of nitrogens with one attached hydrogen (secondary N) is 1. The first-order chi connectivity index (χ1) is 8.99. The molecule has 1 heterocycles. The summed E-state index contributed by atoms with van der Waals surface area (Å²) in [6.45, 7) is 3.69. The van der Waals surface area contributed by atoms with Crippen LogP contribution in [0, 0.1) is 11.8 Å². The fourth-order valence-corrected chi connectivity index (χ4v) is 4.52. The molecule has 0 aromatic rings. The van der Waals surface area contributed by atoms with E-state index in [0.29, 0.717) is 25.6 Å². The summed E-state index contributed by atoms with van der Waals surface area (Å²) in [6.07, 6.45) is 5.55. The summed E-state index contributed by atoms with van der Waals surface area (Å²) in [5.41, 5.74) is 0. The molecule has 2 N–H and O–H groups in total. The van der Waals surface area contributed by atoms with Gasteiger partial charge in [0.2, 0.25) is 0 Å². The Morgan fingerprint density at radius 1 is 1.21 bits per heavy atom. The molecule has 0 aromatic carbocycles. The van der Waals surface area contributed by atoms with Crippen molar-refractivity contribution >= 4 is 10.2 Å². The summed E-state index contributed by atoms with van der Waals surface area (Å²) in [7, 11) is -3.37. The third-order valence-corrected chi connectivity index (χ3v) is 5.90. The number of rotatable bonds is 4. The Labute approximate surface area is 116 Å². The normalized spacial score (nSPS) is 34.3. The molecule has 3 unspecified atom stereocenters. The number of aliphatic hydroxyl groups excluding tert-OH is 1. The van der Waals surface area contributed by atoms with Gasteiger partial charge in [0.15, 0.2) is 0 Å². The van der Waals surface area contributed by atoms with Crippen LogP contribution in [0.3, 0.4) is 0 Å². The van der Waals surface area contributed by atoms with Crippen LogP contribution in [-0.4, -0.2) is 43.6 Å². The quantitative estimate of drug-likeness (QED) is 0.814. The van der Waals surface area contributed by atoms with Crippen LogP contribution >= 0.6 is 0 Å². The molecule has 5 nitrogen and oxygen atoms in total. The van der Waals surface area contributed by atoms with Crippen LogP contribution in [0.2, 0.25) is 0 Å². The van der Waals surface area contributed by atoms with Gasteiger partial charge in [0.05, 0.1) is 6.10 Å². The fourth-order valence-electron chi connectivity index (χ4n) is 3.09. The van der Waals surface area contributed by atoms with Gasteiger partial charge in [-0.1, -0.05) is 19.8 Å². The second-order valence-electron chi connectivity index (χ2n) is 6.07. The van der Waals surface area contributed by atoms with Gasteiger partial charge in [-0.25, -0.2) is 4.72 Å². The third kappa shape index (κ3) is 4.15. The maximum atomic E-state index is 12.2. The van der Waals surface area contributed by atoms with Crippen molar-refractivity contribution in [3.05, 3.63) is 0 Å². The highest BCUT2D eigenvalue weighted by Crippen LogP contribution is 2.24. The average molecular weight is 290 g/mol. The second-order valence-corrected chi connectivity index (χ2v) is 7.83. The Bertz CT molecular complexity index is 385. The van der Waals surface area contributed by atoms with Gasteiger partial charge in [-0.15, -0.1) is 0 Å². The average Bonchev–Trinajstić information content (AvgIpc) is 2.38. The van der Waals surface area contributed by atoms with Crippen LogP contribution in [0.15, 0.2) is 0 Å². The lowest BCUT2D eigenvalue weighted by molar-refractivity contribution is 0.0721. The first kappa shape index (κ1) is 15.2. The number of aliphatic hydroxyl groups is 1. The van der Waals surface area contributed by atoms with Gasteiger partial charge in [0.25, 0.3) is 10.2 Å². The zero-order valence-electron chi connectivity index (χ0n) is 11.7. The van der Waals surface area contributed by atoms with E-state index in [1.807, 2.05) is 0 Å². The minimum Gasteiger partial charge on any atom is -0.393 e. The van der Waals surface area contributed by atoms with Crippen molar-refractivity contribution in [3.63, 3.8) is 0 Å². The van der Waals surface area contributed by atoms with Crippen LogP contribution < -0.4 is 4.72 Å². The molecule has 0 aromatic heterocycles. The molecule has 0 amide bonds. The molecule has 19 heavy (non-hydrogen) atoms. The SMILES string of the molecule is CC1CCCN(S(=O)(=O)NCC2CCCCC2O)C1. The Hall–Kier alpha value is -0.170. The highest BCUT2D eigenvalue weighted by molar-refractivity contribution is 7.87. The summed E-state index contributed by atoms with van der Waals surface area (Å²) in [5.74, 6) is 0.510. The van der Waals surface area contributed by atoms with E-state index in [-0.39, 0.29) is 12.0 Å². The molecule has 2 fully saturated rings. The molecule has 2 aliphatic rings. The lowest BCUT2D eigenvalue weighted by Gasteiger charge is -2.32. The summed E-state index contributed by atoms with van der Waals surface area (Å²) in [6, 6.07) is 0. The first-order valence-electron chi connectivity index (χ1n) is 7.42. The van der Waals surface area contributed by atoms with Crippen molar-refractivity contribution in [1.29, 1.82) is 0 Å². The Morgan fingerprint density at radius 3 is 2.63 bits per heavy atom. The number of hydrogen-bond donors (Lipinski definition) is 2. The van der Waals surface area contributed by atoms with Gasteiger partial charge >= 0.3 is 0 Å². The molecule has 112 valence electrons. The van der Waals surface area contributed by atoms with E-state index in [0.717, 1.165) is 38.5 Å². The van der Waals surface area contributed by atoms with E-state index in [1.165, 1.54) is 0 Å². The van der Waals surface area contributed by atoms with Crippen LogP contribution in [0.25, 0.3) is 0 Å². The lowest BCUT2D eigenvalue weighted by atomic mass is 9.87. The van der Waals surface area contributed by atoms with Gasteiger partial charge in [0, 0.05) is 19.6 Å². The van der Waals surface area contributed by atoms with Crippen LogP contribution in [0.5, 0.6) is 0 Å². The predicted octanol–water partition coefficient (Wildman–Crippen LogP) is 1.10. The molecule has 6 heteroatoms. The maximum Gasteiger partial charge on any atom is 0.279 e. The van der Waals surface area contributed by atoms with E-state index in [2.05, 4.69) is 11.6 Å². The molecule has 1 aliphatic carbocycles. The monoisotopic (exact) mass is 290 g/mol. The molecule has 2 rings (SSSR count). The highest BCUT2D eigenvalue weighted by atomic mass is 32.2. The number of piperidine rings is 1. The Balaban J connectivity index is 1.86. The van der Waals surface area contributed by atoms with Crippen molar-refractivity contribution in [1.82, 2.24) is 9.03 Å². The summed E-state index contributed by atoms with van der Waals surface area (Å²) in [5, 5.41) is 9.87. The minimum atomic E-state index is -3.37. The second kappa shape index (κ2) is 6.52. The predicted molar refractivity (Wildman–Crippen MR) is 74.9 cm³/mol. The van der Waals surface area contributed by atoms with Gasteiger partial charge in [-0.2, -0.15) is 12.7 Å². The zero-order chi connectivity index (χ0) is 13.9. The largest absolute Gasteiger partial charge is 0.393 e. The summed E-state index contributed by atoms with van der Waals surface area (Å²) >= 11 is 0. The molecule has 1 aliphatic heterocycles. The van der Waals surface area contributed by atoms with Gasteiger partial charge < -0.3 is 5.11 Å². The minimum absolute atomic E-state index is 0.0748. The van der Waals surface area contributed by atoms with E-state index in [9.17, 15) is 13.5 Å². The third-order valence-electron chi connectivity index (χ3n) is 4.36. The fraction of sp³-hybridized carbons (Fsp3) is 1.00. The molecular formula is C13H26N2O3S. The van der Waals surface area contributed by atoms with Crippen LogP contribution in [-0.2, 0) is 10.2 Å². The highest BCUT2D eigenvalue weighted by Gasteiger charge is 2.29. The first-order valence-corrected chi connectivity index (χ1v) is 8.86. The van der Waals surface area contributed by atoms with Crippen molar-refractivity contribution < 1.29 is 13.5 Å². The molecule has 3 atom stereocenters. The summed E-state index contributed by atoms with van der Waals surface area (Å²) in [4.78, 5) is 0. The number of nitrogens with zero attached hydrogens (tertiary/aromatic N) is 1. The smallest absolute Gasteiger partial charge is 0.279 e. The van der Waals surface area contributed by atoms with E-state index >= 15 is 0 Å². The number of hydrogen-bond acceptors (Lipinski definition) is 3. The van der Waals surface area contributed by atoms with Crippen LogP contribution in [0.4, 0.5) is 0 Å². The molecule has 0 radical (unpaired) electrons. The topological polar surface area (TPSA) is 69.6 Å². The van der Waals surface area contributed by atoms with Gasteiger partial charge in [-0.05, 0) is 37.5 Å². The van der Waals surface area contributed by atoms with Crippen LogP contribution in [0.1, 0.15) is 45.4 Å². The van der Waals surface area contributed by atoms with Gasteiger partial charge in [0.1, 0.15) is 0 Å². The van der Waals surface area contributed by atoms with Crippen molar-refractivity contribution in [2.24, 2.45) is 11.8 Å². The zero-order valence-corrected chi connectivity index (χ0v) is 12.5. The molecular weight excluding hydrogens is 264 g/mol. The van der Waals surface area contributed by atoms with Crippen molar-refractivity contribution in [2.45, 2.75) is 51.6 Å². The molecule has 0 spiro atoms. The summed E-state index contributed by atoms with van der Waals surface area (Å²) < 4.78 is 28.7. The van der Waals surface area contributed by atoms with E-state index in [4.69, 9.17) is 0 Å². The van der Waals surface area contributed by atoms with Crippen molar-refractivity contribution in [3.8, 4) is 0 Å². The molecule has 0 bridgehead atoms. The molecule has 1 saturated carbocycles. The lowest BCUT2D eigenvalue weighted by Crippen LogP contribution is -2.47. The van der Waals surface area contributed by atoms with E-state index < -0.39 is 10.2 Å². The Kier molecular flexibility index (Phi) is 5.22. The van der Waals surface area contributed by atoms with Crippen molar-refractivity contribution in [2.75, 3.05) is 19.6 Å². The standard InChI is InChI=1S/C13H26N2O3S/c1-11-5-4-8-15(10-11)19(17,18)14-9-12-6-2-3-7-13(12)16/h11-14,16H,2-10H2,1H3. The Morgan fingerprint density at radius 2 is 1.95 bits per heavy atom. The molecule has 1 saturated heterocycles. The maximum absolute atomic E-state index is 12.2.